The molecule has 1 unspecified atom stereocenters. The summed E-state index contributed by atoms with van der Waals surface area (Å²) in [5.41, 5.74) is 9.13. The summed E-state index contributed by atoms with van der Waals surface area (Å²) in [6.07, 6.45) is 0. The van der Waals surface area contributed by atoms with E-state index in [1.54, 1.807) is 42.5 Å². The Morgan fingerprint density at radius 1 is 1.00 bits per heavy atom. The van der Waals surface area contributed by atoms with Crippen LogP contribution in [0.4, 0.5) is 0 Å². The largest absolute Gasteiger partial charge is 0.496 e. The summed E-state index contributed by atoms with van der Waals surface area (Å²) in [6.45, 7) is 0.325. The first kappa shape index (κ1) is 25.7. The normalized spacial score (nSPS) is 14.0. The zero-order valence-electron chi connectivity index (χ0n) is 20.9. The Hall–Kier alpha value is -4.93. The fourth-order valence-electron chi connectivity index (χ4n) is 4.35. The molecule has 1 heterocycles. The highest BCUT2D eigenvalue weighted by molar-refractivity contribution is 6.31. The lowest BCUT2D eigenvalue weighted by Crippen LogP contribution is -2.21. The van der Waals surface area contributed by atoms with Gasteiger partial charge in [-0.3, -0.25) is 0 Å². The Bertz CT molecular complexity index is 1610. The average Bonchev–Trinajstić information content (AvgIpc) is 2.96. The number of hydrogen-bond acceptors (Lipinski definition) is 7. The molecule has 1 aliphatic rings. The number of nitriles is 1. The molecule has 0 radical (unpaired) electrons. The number of benzene rings is 4. The Labute approximate surface area is 230 Å². The number of fused-ring (bicyclic) bond motifs is 1. The second-order valence-electron chi connectivity index (χ2n) is 8.66. The van der Waals surface area contributed by atoms with Gasteiger partial charge >= 0.3 is 5.97 Å². The molecule has 2 N–H and O–H groups in total. The highest BCUT2D eigenvalue weighted by atomic mass is 35.5. The molecule has 4 aromatic carbocycles. The van der Waals surface area contributed by atoms with E-state index >= 15 is 0 Å². The van der Waals surface area contributed by atoms with Crippen molar-refractivity contribution in [2.24, 2.45) is 5.73 Å². The minimum absolute atomic E-state index is 0.0118. The molecule has 0 spiro atoms. The number of halogens is 1. The van der Waals surface area contributed by atoms with Crippen LogP contribution in [-0.4, -0.2) is 13.1 Å². The van der Waals surface area contributed by atoms with Crippen LogP contribution in [0.2, 0.25) is 5.02 Å². The Morgan fingerprint density at radius 2 is 1.72 bits per heavy atom. The third-order valence-electron chi connectivity index (χ3n) is 6.29. The quantitative estimate of drug-likeness (QED) is 0.215. The van der Waals surface area contributed by atoms with Gasteiger partial charge < -0.3 is 24.7 Å². The van der Waals surface area contributed by atoms with Crippen LogP contribution < -0.4 is 24.7 Å². The Kier molecular flexibility index (Phi) is 7.39. The van der Waals surface area contributed by atoms with E-state index in [2.05, 4.69) is 6.07 Å². The van der Waals surface area contributed by atoms with Gasteiger partial charge in [-0.2, -0.15) is 5.26 Å². The number of nitrogens with two attached hydrogens (primary N) is 1. The van der Waals surface area contributed by atoms with Crippen molar-refractivity contribution in [3.8, 4) is 29.1 Å². The van der Waals surface area contributed by atoms with Gasteiger partial charge in [-0.25, -0.2) is 4.79 Å². The molecule has 1 atom stereocenters. The zero-order chi connectivity index (χ0) is 27.4. The van der Waals surface area contributed by atoms with Gasteiger partial charge in [0.05, 0.1) is 13.0 Å². The molecule has 0 fully saturated rings. The second kappa shape index (κ2) is 11.2. The van der Waals surface area contributed by atoms with Crippen LogP contribution in [0.25, 0.3) is 0 Å². The molecule has 1 aliphatic heterocycles. The van der Waals surface area contributed by atoms with Crippen LogP contribution in [0, 0.1) is 11.3 Å². The molecule has 0 saturated carbocycles. The number of methoxy groups -OCH3 is 1. The summed E-state index contributed by atoms with van der Waals surface area (Å²) in [6, 6.07) is 28.9. The molecule has 39 heavy (non-hydrogen) atoms. The minimum Gasteiger partial charge on any atom is -0.496 e. The molecule has 8 heteroatoms. The van der Waals surface area contributed by atoms with Crippen LogP contribution in [0.3, 0.4) is 0 Å². The first-order valence-electron chi connectivity index (χ1n) is 12.0. The number of allylic oxidation sites excluding steroid dienone is 1. The van der Waals surface area contributed by atoms with Gasteiger partial charge in [0.2, 0.25) is 5.88 Å². The molecule has 5 rings (SSSR count). The van der Waals surface area contributed by atoms with Crippen molar-refractivity contribution in [2.75, 3.05) is 7.11 Å². The molecule has 194 valence electrons. The molecule has 0 saturated heterocycles. The maximum Gasteiger partial charge on any atom is 0.347 e. The van der Waals surface area contributed by atoms with E-state index in [1.165, 1.54) is 7.11 Å². The van der Waals surface area contributed by atoms with Crippen LogP contribution >= 0.6 is 11.6 Å². The number of para-hydroxylation sites is 1. The maximum absolute atomic E-state index is 12.8. The van der Waals surface area contributed by atoms with E-state index in [0.29, 0.717) is 40.0 Å². The van der Waals surface area contributed by atoms with Crippen LogP contribution in [0.5, 0.6) is 23.0 Å². The summed E-state index contributed by atoms with van der Waals surface area (Å²) in [4.78, 5) is 12.8. The number of rotatable bonds is 7. The molecule has 0 amide bonds. The van der Waals surface area contributed by atoms with Crippen molar-refractivity contribution in [1.29, 1.82) is 5.26 Å². The average molecular weight is 539 g/mol. The SMILES string of the molecule is COc1ccccc1C(=O)Oc1ccc2c(c1)OC(N)=C(C#N)C2c1ccc(OCc2ccccc2Cl)cc1. The highest BCUT2D eigenvalue weighted by Crippen LogP contribution is 2.43. The number of hydrogen-bond donors (Lipinski definition) is 1. The summed E-state index contributed by atoms with van der Waals surface area (Å²) in [5, 5.41) is 10.5. The van der Waals surface area contributed by atoms with Crippen molar-refractivity contribution < 1.29 is 23.7 Å². The molecule has 4 aromatic rings. The van der Waals surface area contributed by atoms with E-state index in [0.717, 1.165) is 11.1 Å². The first-order valence-corrected chi connectivity index (χ1v) is 12.4. The number of nitrogens with zero attached hydrogens (tertiary/aromatic N) is 1. The first-order chi connectivity index (χ1) is 19.0. The third-order valence-corrected chi connectivity index (χ3v) is 6.66. The smallest absolute Gasteiger partial charge is 0.347 e. The lowest BCUT2D eigenvalue weighted by molar-refractivity contribution is 0.0731. The summed E-state index contributed by atoms with van der Waals surface area (Å²) in [7, 11) is 1.48. The predicted octanol–water partition coefficient (Wildman–Crippen LogP) is 6.36. The lowest BCUT2D eigenvalue weighted by Gasteiger charge is -2.27. The van der Waals surface area contributed by atoms with Gasteiger partial charge in [0.1, 0.15) is 46.8 Å². The van der Waals surface area contributed by atoms with E-state index in [9.17, 15) is 10.1 Å². The van der Waals surface area contributed by atoms with Crippen LogP contribution in [0.1, 0.15) is 33.0 Å². The topological polar surface area (TPSA) is 104 Å². The van der Waals surface area contributed by atoms with E-state index in [-0.39, 0.29) is 17.2 Å². The molecular weight excluding hydrogens is 516 g/mol. The zero-order valence-corrected chi connectivity index (χ0v) is 21.6. The summed E-state index contributed by atoms with van der Waals surface area (Å²) < 4.78 is 22.5. The van der Waals surface area contributed by atoms with Crippen molar-refractivity contribution in [2.45, 2.75) is 12.5 Å². The van der Waals surface area contributed by atoms with E-state index in [4.69, 9.17) is 36.3 Å². The van der Waals surface area contributed by atoms with E-state index in [1.807, 2.05) is 48.5 Å². The number of esters is 1. The van der Waals surface area contributed by atoms with Crippen molar-refractivity contribution >= 4 is 17.6 Å². The summed E-state index contributed by atoms with van der Waals surface area (Å²) in [5.74, 6) is 0.647. The molecule has 0 bridgehead atoms. The summed E-state index contributed by atoms with van der Waals surface area (Å²) >= 11 is 6.22. The van der Waals surface area contributed by atoms with Gasteiger partial charge in [-0.1, -0.05) is 60.1 Å². The number of carbonyl (C=O) groups excluding carboxylic acids is 1. The predicted molar refractivity (Wildman–Crippen MR) is 146 cm³/mol. The lowest BCUT2D eigenvalue weighted by atomic mass is 9.83. The third kappa shape index (κ3) is 5.37. The van der Waals surface area contributed by atoms with Gasteiger partial charge in [-0.05, 0) is 42.0 Å². The standard InChI is InChI=1S/C31H23ClN2O5/c1-36-27-9-5-3-7-24(27)31(35)38-22-14-15-23-28(16-22)39-30(34)25(17-33)29(23)19-10-12-21(13-11-19)37-18-20-6-2-4-8-26(20)32/h2-16,29H,18,34H2,1H3. The molecule has 0 aromatic heterocycles. The monoisotopic (exact) mass is 538 g/mol. The van der Waals surface area contributed by atoms with Gasteiger partial charge in [0, 0.05) is 22.2 Å². The Balaban J connectivity index is 1.39. The fraction of sp³-hybridized carbons (Fsp3) is 0.0968. The van der Waals surface area contributed by atoms with Gasteiger partial charge in [0.25, 0.3) is 0 Å². The van der Waals surface area contributed by atoms with Gasteiger partial charge in [0.15, 0.2) is 0 Å². The molecule has 0 aliphatic carbocycles. The fourth-order valence-corrected chi connectivity index (χ4v) is 4.54. The van der Waals surface area contributed by atoms with Crippen molar-refractivity contribution in [1.82, 2.24) is 0 Å². The Morgan fingerprint density at radius 3 is 2.46 bits per heavy atom. The second-order valence-corrected chi connectivity index (χ2v) is 9.07. The molecule has 7 nitrogen and oxygen atoms in total. The number of carbonyl (C=O) groups is 1. The van der Waals surface area contributed by atoms with E-state index < -0.39 is 11.9 Å². The molecular formula is C31H23ClN2O5. The highest BCUT2D eigenvalue weighted by Gasteiger charge is 2.31. The van der Waals surface area contributed by atoms with Crippen molar-refractivity contribution in [3.05, 3.63) is 130 Å². The van der Waals surface area contributed by atoms with Gasteiger partial charge in [-0.15, -0.1) is 0 Å². The van der Waals surface area contributed by atoms with Crippen molar-refractivity contribution in [3.63, 3.8) is 0 Å². The maximum atomic E-state index is 12.8. The number of ether oxygens (including phenoxy) is 4. The van der Waals surface area contributed by atoms with Crippen LogP contribution in [-0.2, 0) is 6.61 Å². The minimum atomic E-state index is -0.576. The van der Waals surface area contributed by atoms with Crippen LogP contribution in [0.15, 0.2) is 102 Å².